The number of benzene rings is 1. The Kier molecular flexibility index (Phi) is 4.73. The van der Waals surface area contributed by atoms with E-state index in [-0.39, 0.29) is 5.91 Å². The first-order chi connectivity index (χ1) is 12.9. The van der Waals surface area contributed by atoms with Crippen LogP contribution in [0.15, 0.2) is 24.3 Å². The van der Waals surface area contributed by atoms with Gasteiger partial charge in [-0.15, -0.1) is 0 Å². The molecule has 0 N–H and O–H groups in total. The first-order valence-corrected chi connectivity index (χ1v) is 10.9. The van der Waals surface area contributed by atoms with E-state index in [1.54, 1.807) is 9.21 Å². The Hall–Kier alpha value is -1.90. The van der Waals surface area contributed by atoms with E-state index in [0.29, 0.717) is 45.0 Å². The molecule has 2 saturated heterocycles. The van der Waals surface area contributed by atoms with Crippen LogP contribution < -0.4 is 0 Å². The average molecular weight is 391 g/mol. The molecule has 0 radical (unpaired) electrons. The van der Waals surface area contributed by atoms with E-state index in [2.05, 4.69) is 6.07 Å². The van der Waals surface area contributed by atoms with Crippen LogP contribution in [0.1, 0.15) is 28.9 Å². The second-order valence-corrected chi connectivity index (χ2v) is 9.38. The van der Waals surface area contributed by atoms with Crippen molar-refractivity contribution in [2.24, 2.45) is 7.05 Å². The van der Waals surface area contributed by atoms with E-state index in [4.69, 9.17) is 0 Å². The lowest BCUT2D eigenvalue weighted by Gasteiger charge is -2.35. The summed E-state index contributed by atoms with van der Waals surface area (Å²) in [7, 11) is -1.48. The molecule has 3 heterocycles. The summed E-state index contributed by atoms with van der Waals surface area (Å²) in [6.07, 6.45) is 1.86. The second kappa shape index (κ2) is 6.92. The van der Waals surface area contributed by atoms with Crippen molar-refractivity contribution in [3.05, 3.63) is 35.5 Å². The highest BCUT2D eigenvalue weighted by molar-refractivity contribution is 7.86. The first-order valence-electron chi connectivity index (χ1n) is 9.48. The maximum absolute atomic E-state index is 13.0. The zero-order chi connectivity index (χ0) is 19.2. The highest BCUT2D eigenvalue weighted by atomic mass is 32.2. The minimum absolute atomic E-state index is 0.0374. The highest BCUT2D eigenvalue weighted by Gasteiger charge is 2.35. The Morgan fingerprint density at radius 3 is 2.22 bits per heavy atom. The van der Waals surface area contributed by atoms with Gasteiger partial charge in [-0.1, -0.05) is 11.6 Å². The van der Waals surface area contributed by atoms with Gasteiger partial charge in [0.2, 0.25) is 0 Å². The summed E-state index contributed by atoms with van der Waals surface area (Å²) in [5.41, 5.74) is 2.83. The molecule has 8 heteroatoms. The molecule has 146 valence electrons. The molecule has 1 aromatic heterocycles. The first kappa shape index (κ1) is 18.5. The van der Waals surface area contributed by atoms with E-state index in [0.717, 1.165) is 29.3 Å². The van der Waals surface area contributed by atoms with Gasteiger partial charge in [0.25, 0.3) is 16.1 Å². The maximum atomic E-state index is 13.0. The van der Waals surface area contributed by atoms with Gasteiger partial charge in [-0.3, -0.25) is 4.79 Å². The van der Waals surface area contributed by atoms with Crippen molar-refractivity contribution < 1.29 is 13.2 Å². The molecular weight excluding hydrogens is 364 g/mol. The van der Waals surface area contributed by atoms with E-state index in [1.807, 2.05) is 36.7 Å². The van der Waals surface area contributed by atoms with Crippen LogP contribution >= 0.6 is 0 Å². The second-order valence-electron chi connectivity index (χ2n) is 7.46. The fraction of sp³-hybridized carbons (Fsp3) is 0.526. The van der Waals surface area contributed by atoms with Gasteiger partial charge in [0.15, 0.2) is 0 Å². The SMILES string of the molecule is Cc1ccc2c(c1)cc(C(=O)N1CCN(S(=O)(=O)N3CCCC3)CC1)n2C. The Morgan fingerprint density at radius 2 is 1.56 bits per heavy atom. The Labute approximate surface area is 160 Å². The minimum Gasteiger partial charge on any atom is -0.340 e. The molecule has 0 bridgehead atoms. The fourth-order valence-corrected chi connectivity index (χ4v) is 5.71. The number of piperazine rings is 1. The third kappa shape index (κ3) is 3.26. The third-order valence-corrected chi connectivity index (χ3v) is 7.70. The number of rotatable bonds is 3. The number of carbonyl (C=O) groups is 1. The van der Waals surface area contributed by atoms with Crippen LogP contribution in [0, 0.1) is 6.92 Å². The Balaban J connectivity index is 1.48. The standard InChI is InChI=1S/C19H26N4O3S/c1-15-5-6-17-16(13-15)14-18(20(17)2)19(24)21-9-11-23(12-10-21)27(25,26)22-7-3-4-8-22/h5-6,13-14H,3-4,7-12H2,1-2H3. The van der Waals surface area contributed by atoms with E-state index >= 15 is 0 Å². The topological polar surface area (TPSA) is 65.9 Å². The third-order valence-electron chi connectivity index (χ3n) is 5.66. The Bertz CT molecular complexity index is 968. The predicted molar refractivity (Wildman–Crippen MR) is 105 cm³/mol. The van der Waals surface area contributed by atoms with Gasteiger partial charge in [0.05, 0.1) is 0 Å². The molecule has 0 aliphatic carbocycles. The van der Waals surface area contributed by atoms with Crippen LogP contribution in [-0.2, 0) is 17.3 Å². The molecule has 27 heavy (non-hydrogen) atoms. The van der Waals surface area contributed by atoms with Gasteiger partial charge in [-0.2, -0.15) is 17.0 Å². The summed E-state index contributed by atoms with van der Waals surface area (Å²) in [6.45, 7) is 4.81. The van der Waals surface area contributed by atoms with Crippen LogP contribution in [0.25, 0.3) is 10.9 Å². The van der Waals surface area contributed by atoms with Crippen molar-refractivity contribution in [2.45, 2.75) is 19.8 Å². The minimum atomic E-state index is -3.39. The average Bonchev–Trinajstić information content (AvgIpc) is 3.30. The van der Waals surface area contributed by atoms with Crippen LogP contribution in [0.3, 0.4) is 0 Å². The fourth-order valence-electron chi connectivity index (χ4n) is 4.04. The molecule has 0 unspecified atom stereocenters. The number of carbonyl (C=O) groups excluding carboxylic acids is 1. The molecule has 2 aliphatic heterocycles. The summed E-state index contributed by atoms with van der Waals surface area (Å²) < 4.78 is 30.4. The molecular formula is C19H26N4O3S. The summed E-state index contributed by atoms with van der Waals surface area (Å²) in [6, 6.07) is 8.07. The summed E-state index contributed by atoms with van der Waals surface area (Å²) >= 11 is 0. The molecule has 0 spiro atoms. The van der Waals surface area contributed by atoms with Crippen molar-refractivity contribution in [1.29, 1.82) is 0 Å². The largest absolute Gasteiger partial charge is 0.340 e. The zero-order valence-corrected chi connectivity index (χ0v) is 16.7. The van der Waals surface area contributed by atoms with E-state index < -0.39 is 10.2 Å². The molecule has 2 aliphatic rings. The van der Waals surface area contributed by atoms with Crippen molar-refractivity contribution in [2.75, 3.05) is 39.3 Å². The van der Waals surface area contributed by atoms with Crippen LogP contribution in [0.2, 0.25) is 0 Å². The zero-order valence-electron chi connectivity index (χ0n) is 15.9. The van der Waals surface area contributed by atoms with Gasteiger partial charge >= 0.3 is 0 Å². The number of hydrogen-bond acceptors (Lipinski definition) is 3. The Morgan fingerprint density at radius 1 is 0.926 bits per heavy atom. The lowest BCUT2D eigenvalue weighted by molar-refractivity contribution is 0.0685. The smallest absolute Gasteiger partial charge is 0.282 e. The molecule has 2 aromatic rings. The van der Waals surface area contributed by atoms with Gasteiger partial charge < -0.3 is 9.47 Å². The van der Waals surface area contributed by atoms with Gasteiger partial charge in [-0.05, 0) is 38.0 Å². The van der Waals surface area contributed by atoms with Crippen LogP contribution in [0.4, 0.5) is 0 Å². The molecule has 4 rings (SSSR count). The number of hydrogen-bond donors (Lipinski definition) is 0. The quantitative estimate of drug-likeness (QED) is 0.799. The number of fused-ring (bicyclic) bond motifs is 1. The molecule has 0 saturated carbocycles. The number of nitrogens with zero attached hydrogens (tertiary/aromatic N) is 4. The molecule has 0 atom stereocenters. The lowest BCUT2D eigenvalue weighted by Crippen LogP contribution is -2.53. The summed E-state index contributed by atoms with van der Waals surface area (Å²) in [4.78, 5) is 14.8. The van der Waals surface area contributed by atoms with Gasteiger partial charge in [0.1, 0.15) is 5.69 Å². The predicted octanol–water partition coefficient (Wildman–Crippen LogP) is 1.59. The molecule has 7 nitrogen and oxygen atoms in total. The van der Waals surface area contributed by atoms with Crippen LogP contribution in [-0.4, -0.2) is 71.7 Å². The number of amides is 1. The maximum Gasteiger partial charge on any atom is 0.282 e. The van der Waals surface area contributed by atoms with Crippen molar-refractivity contribution >= 4 is 27.0 Å². The lowest BCUT2D eigenvalue weighted by atomic mass is 10.2. The van der Waals surface area contributed by atoms with Crippen molar-refractivity contribution in [1.82, 2.24) is 18.1 Å². The normalized spacial score (nSPS) is 19.9. The summed E-state index contributed by atoms with van der Waals surface area (Å²) in [5, 5.41) is 1.05. The van der Waals surface area contributed by atoms with E-state index in [1.165, 1.54) is 4.31 Å². The van der Waals surface area contributed by atoms with Crippen LogP contribution in [0.5, 0.6) is 0 Å². The number of aryl methyl sites for hydroxylation is 2. The monoisotopic (exact) mass is 390 g/mol. The van der Waals surface area contributed by atoms with Crippen molar-refractivity contribution in [3.63, 3.8) is 0 Å². The van der Waals surface area contributed by atoms with Gasteiger partial charge in [0, 0.05) is 57.2 Å². The molecule has 1 aromatic carbocycles. The van der Waals surface area contributed by atoms with E-state index in [9.17, 15) is 13.2 Å². The number of aromatic nitrogens is 1. The molecule has 1 amide bonds. The summed E-state index contributed by atoms with van der Waals surface area (Å²) in [5.74, 6) is -0.0374. The molecule has 2 fully saturated rings. The van der Waals surface area contributed by atoms with Gasteiger partial charge in [-0.25, -0.2) is 0 Å². The van der Waals surface area contributed by atoms with Crippen molar-refractivity contribution in [3.8, 4) is 0 Å². The highest BCUT2D eigenvalue weighted by Crippen LogP contribution is 2.23.